The summed E-state index contributed by atoms with van der Waals surface area (Å²) in [4.78, 5) is 36.6. The van der Waals surface area contributed by atoms with Crippen LogP contribution in [0.5, 0.6) is 0 Å². The number of carbonyl (C=O) groups is 3. The molecule has 1 N–H and O–H groups in total. The highest BCUT2D eigenvalue weighted by Gasteiger charge is 2.12. The van der Waals surface area contributed by atoms with Crippen LogP contribution < -0.4 is 5.32 Å². The number of thiophene rings is 1. The van der Waals surface area contributed by atoms with Crippen LogP contribution in [0.3, 0.4) is 0 Å². The number of nitrogens with one attached hydrogen (secondary N) is 1. The summed E-state index contributed by atoms with van der Waals surface area (Å²) in [6.07, 6.45) is 0. The van der Waals surface area contributed by atoms with Gasteiger partial charge in [-0.1, -0.05) is 24.3 Å². The van der Waals surface area contributed by atoms with Crippen LogP contribution in [0.15, 0.2) is 66.0 Å². The Hall–Kier alpha value is -3.45. The first-order valence-electron chi connectivity index (χ1n) is 8.36. The highest BCUT2D eigenvalue weighted by molar-refractivity contribution is 7.12. The molecule has 0 fully saturated rings. The van der Waals surface area contributed by atoms with Crippen LogP contribution in [0.2, 0.25) is 0 Å². The summed E-state index contributed by atoms with van der Waals surface area (Å²) in [6.45, 7) is 0.00937. The highest BCUT2D eigenvalue weighted by atomic mass is 32.1. The maximum Gasteiger partial charge on any atom is 0.338 e. The van der Waals surface area contributed by atoms with Crippen molar-refractivity contribution in [2.24, 2.45) is 0 Å². The molecule has 6 nitrogen and oxygen atoms in total. The summed E-state index contributed by atoms with van der Waals surface area (Å²) in [7, 11) is 1.30. The number of hydrogen-bond acceptors (Lipinski definition) is 6. The van der Waals surface area contributed by atoms with Crippen LogP contribution in [0, 0.1) is 0 Å². The molecule has 1 heterocycles. The second kappa shape index (κ2) is 8.96. The molecule has 0 aliphatic carbocycles. The first-order chi connectivity index (χ1) is 13.6. The van der Waals surface area contributed by atoms with Gasteiger partial charge in [-0.3, -0.25) is 4.79 Å². The van der Waals surface area contributed by atoms with Gasteiger partial charge in [0.15, 0.2) is 0 Å². The molecule has 3 rings (SSSR count). The lowest BCUT2D eigenvalue weighted by Crippen LogP contribution is -2.11. The van der Waals surface area contributed by atoms with Gasteiger partial charge in [0.1, 0.15) is 6.61 Å². The van der Waals surface area contributed by atoms with Crippen molar-refractivity contribution in [2.75, 3.05) is 12.4 Å². The van der Waals surface area contributed by atoms with E-state index >= 15 is 0 Å². The molecule has 0 saturated carbocycles. The highest BCUT2D eigenvalue weighted by Crippen LogP contribution is 2.16. The Morgan fingerprint density at radius 2 is 1.68 bits per heavy atom. The SMILES string of the molecule is COC(=O)c1cccc(COC(=O)c2cccc(NC(=O)c3cccs3)c2)c1. The fraction of sp³-hybridized carbons (Fsp3) is 0.0952. The summed E-state index contributed by atoms with van der Waals surface area (Å²) in [5.41, 5.74) is 1.86. The van der Waals surface area contributed by atoms with E-state index in [-0.39, 0.29) is 12.5 Å². The molecule has 0 unspecified atom stereocenters. The van der Waals surface area contributed by atoms with Crippen molar-refractivity contribution in [3.05, 3.63) is 87.6 Å². The van der Waals surface area contributed by atoms with Gasteiger partial charge in [0.25, 0.3) is 5.91 Å². The molecule has 28 heavy (non-hydrogen) atoms. The van der Waals surface area contributed by atoms with Crippen LogP contribution in [0.1, 0.15) is 36.0 Å². The Labute approximate surface area is 165 Å². The van der Waals surface area contributed by atoms with Gasteiger partial charge >= 0.3 is 11.9 Å². The number of benzene rings is 2. The molecular weight excluding hydrogens is 378 g/mol. The van der Waals surface area contributed by atoms with E-state index in [0.29, 0.717) is 27.3 Å². The molecule has 0 radical (unpaired) electrons. The number of amides is 1. The third-order valence-corrected chi connectivity index (χ3v) is 4.69. The zero-order chi connectivity index (χ0) is 19.9. The number of anilines is 1. The van der Waals surface area contributed by atoms with Gasteiger partial charge in [-0.15, -0.1) is 11.3 Å². The molecule has 1 amide bonds. The third-order valence-electron chi connectivity index (χ3n) is 3.82. The van der Waals surface area contributed by atoms with E-state index in [4.69, 9.17) is 4.74 Å². The van der Waals surface area contributed by atoms with Crippen molar-refractivity contribution < 1.29 is 23.9 Å². The van der Waals surface area contributed by atoms with E-state index < -0.39 is 11.9 Å². The maximum absolute atomic E-state index is 12.3. The molecule has 142 valence electrons. The Morgan fingerprint density at radius 1 is 0.929 bits per heavy atom. The quantitative estimate of drug-likeness (QED) is 0.634. The Morgan fingerprint density at radius 3 is 2.39 bits per heavy atom. The normalized spacial score (nSPS) is 10.2. The van der Waals surface area contributed by atoms with Gasteiger partial charge < -0.3 is 14.8 Å². The van der Waals surface area contributed by atoms with Gasteiger partial charge in [-0.25, -0.2) is 9.59 Å². The van der Waals surface area contributed by atoms with Gasteiger partial charge in [-0.2, -0.15) is 0 Å². The second-order valence-corrected chi connectivity index (χ2v) is 6.73. The minimum atomic E-state index is -0.532. The van der Waals surface area contributed by atoms with Crippen LogP contribution in [0.4, 0.5) is 5.69 Å². The van der Waals surface area contributed by atoms with Crippen LogP contribution >= 0.6 is 11.3 Å². The van der Waals surface area contributed by atoms with Crippen molar-refractivity contribution in [3.63, 3.8) is 0 Å². The van der Waals surface area contributed by atoms with Gasteiger partial charge in [0, 0.05) is 5.69 Å². The predicted molar refractivity (Wildman–Crippen MR) is 106 cm³/mol. The van der Waals surface area contributed by atoms with Crippen molar-refractivity contribution in [3.8, 4) is 0 Å². The molecule has 2 aromatic carbocycles. The Bertz CT molecular complexity index is 998. The fourth-order valence-electron chi connectivity index (χ4n) is 2.46. The van der Waals surface area contributed by atoms with E-state index in [0.717, 1.165) is 0 Å². The standard InChI is InChI=1S/C21H17NO5S/c1-26-20(24)15-6-2-5-14(11-15)13-27-21(25)16-7-3-8-17(12-16)22-19(23)18-9-4-10-28-18/h2-12H,13H2,1H3,(H,22,23). The summed E-state index contributed by atoms with van der Waals surface area (Å²) >= 11 is 1.33. The minimum Gasteiger partial charge on any atom is -0.465 e. The molecule has 3 aromatic rings. The molecule has 0 spiro atoms. The van der Waals surface area contributed by atoms with Crippen LogP contribution in [-0.2, 0) is 16.1 Å². The third kappa shape index (κ3) is 4.83. The van der Waals surface area contributed by atoms with E-state index in [1.54, 1.807) is 60.7 Å². The average Bonchev–Trinajstić information content (AvgIpc) is 3.27. The van der Waals surface area contributed by atoms with E-state index in [2.05, 4.69) is 10.1 Å². The summed E-state index contributed by atoms with van der Waals surface area (Å²) in [5, 5.41) is 4.57. The molecule has 0 saturated heterocycles. The van der Waals surface area contributed by atoms with E-state index in [1.165, 1.54) is 18.4 Å². The molecule has 7 heteroatoms. The fourth-order valence-corrected chi connectivity index (χ4v) is 3.08. The lowest BCUT2D eigenvalue weighted by molar-refractivity contribution is 0.0472. The van der Waals surface area contributed by atoms with E-state index in [9.17, 15) is 14.4 Å². The maximum atomic E-state index is 12.3. The topological polar surface area (TPSA) is 81.7 Å². The second-order valence-electron chi connectivity index (χ2n) is 5.78. The number of esters is 2. The van der Waals surface area contributed by atoms with Gasteiger partial charge in [0.05, 0.1) is 23.1 Å². The van der Waals surface area contributed by atoms with Crippen molar-refractivity contribution >= 4 is 34.9 Å². The zero-order valence-corrected chi connectivity index (χ0v) is 15.8. The monoisotopic (exact) mass is 395 g/mol. The van der Waals surface area contributed by atoms with Crippen LogP contribution in [0.25, 0.3) is 0 Å². The summed E-state index contributed by atoms with van der Waals surface area (Å²) in [5.74, 6) is -1.22. The largest absolute Gasteiger partial charge is 0.465 e. The van der Waals surface area contributed by atoms with E-state index in [1.807, 2.05) is 5.38 Å². The summed E-state index contributed by atoms with van der Waals surface area (Å²) < 4.78 is 9.99. The first kappa shape index (κ1) is 19.3. The average molecular weight is 395 g/mol. The number of hydrogen-bond donors (Lipinski definition) is 1. The smallest absolute Gasteiger partial charge is 0.338 e. The van der Waals surface area contributed by atoms with Crippen molar-refractivity contribution in [1.29, 1.82) is 0 Å². The lowest BCUT2D eigenvalue weighted by Gasteiger charge is -2.08. The molecule has 0 aliphatic rings. The number of ether oxygens (including phenoxy) is 2. The minimum absolute atomic E-state index is 0.00937. The van der Waals surface area contributed by atoms with Gasteiger partial charge in [0.2, 0.25) is 0 Å². The van der Waals surface area contributed by atoms with Crippen LogP contribution in [-0.4, -0.2) is 25.0 Å². The molecule has 0 aliphatic heterocycles. The molecule has 1 aromatic heterocycles. The molecule has 0 bridgehead atoms. The molecule has 0 atom stereocenters. The molecular formula is C21H17NO5S. The summed E-state index contributed by atoms with van der Waals surface area (Å²) in [6, 6.07) is 16.7. The van der Waals surface area contributed by atoms with Gasteiger partial charge in [-0.05, 0) is 47.3 Å². The number of carbonyl (C=O) groups excluding carboxylic acids is 3. The van der Waals surface area contributed by atoms with Crippen molar-refractivity contribution in [2.45, 2.75) is 6.61 Å². The van der Waals surface area contributed by atoms with Crippen molar-refractivity contribution in [1.82, 2.24) is 0 Å². The Balaban J connectivity index is 1.63. The predicted octanol–water partition coefficient (Wildman–Crippen LogP) is 4.14. The lowest BCUT2D eigenvalue weighted by atomic mass is 10.1. The number of rotatable bonds is 6. The number of methoxy groups -OCH3 is 1. The Kier molecular flexibility index (Phi) is 6.18. The first-order valence-corrected chi connectivity index (χ1v) is 9.24. The zero-order valence-electron chi connectivity index (χ0n) is 15.0.